The monoisotopic (exact) mass is 258 g/mol. The lowest BCUT2D eigenvalue weighted by Gasteiger charge is -1.94. The van der Waals surface area contributed by atoms with Crippen LogP contribution in [0.25, 0.3) is 6.08 Å². The van der Waals surface area contributed by atoms with Crippen molar-refractivity contribution in [1.82, 2.24) is 0 Å². The van der Waals surface area contributed by atoms with Crippen molar-refractivity contribution in [2.75, 3.05) is 0 Å². The molecule has 0 spiro atoms. The number of hydrogen-bond donors (Lipinski definition) is 0. The molecule has 0 N–H and O–H groups in total. The molecule has 0 saturated heterocycles. The van der Waals surface area contributed by atoms with Gasteiger partial charge in [0.2, 0.25) is 0 Å². The smallest absolute Gasteiger partial charge is 0.264 e. The minimum absolute atomic E-state index is 0.0609. The van der Waals surface area contributed by atoms with Gasteiger partial charge >= 0.3 is 0 Å². The maximum absolute atomic E-state index is 10.8. The molecular formula is C13H10N2O2S. The second-order valence-electron chi connectivity index (χ2n) is 3.43. The van der Waals surface area contributed by atoms with Crippen LogP contribution in [0.1, 0.15) is 10.4 Å². The van der Waals surface area contributed by atoms with Crippen LogP contribution in [-0.2, 0) is 0 Å². The number of thiophene rings is 1. The Labute approximate surface area is 108 Å². The fourth-order valence-electron chi connectivity index (χ4n) is 1.39. The first-order chi connectivity index (χ1) is 8.77. The van der Waals surface area contributed by atoms with E-state index in [1.165, 1.54) is 12.3 Å². The molecule has 2 aromatic rings. The molecule has 5 heteroatoms. The summed E-state index contributed by atoms with van der Waals surface area (Å²) < 4.78 is 0. The molecule has 1 aromatic heterocycles. The second kappa shape index (κ2) is 5.88. The van der Waals surface area contributed by atoms with Gasteiger partial charge in [0.05, 0.1) is 10.5 Å². The van der Waals surface area contributed by atoms with Crippen molar-refractivity contribution in [3.8, 4) is 0 Å². The lowest BCUT2D eigenvalue weighted by Crippen LogP contribution is -1.93. The minimum atomic E-state index is -0.412. The van der Waals surface area contributed by atoms with Gasteiger partial charge in [-0.05, 0) is 23.6 Å². The van der Waals surface area contributed by atoms with Crippen molar-refractivity contribution in [2.24, 2.45) is 4.99 Å². The molecule has 0 fully saturated rings. The quantitative estimate of drug-likeness (QED) is 0.476. The summed E-state index contributed by atoms with van der Waals surface area (Å²) in [5.74, 6) is 0. The van der Waals surface area contributed by atoms with E-state index in [4.69, 9.17) is 0 Å². The van der Waals surface area contributed by atoms with Gasteiger partial charge in [0.25, 0.3) is 5.69 Å². The standard InChI is InChI=1S/C13H10N2O2S/c16-15(17)13-6-2-1-4-11(13)10-14-8-7-12-5-3-9-18-12/h1-10H. The number of para-hydroxylation sites is 1. The molecule has 0 aliphatic carbocycles. The highest BCUT2D eigenvalue weighted by Gasteiger charge is 2.09. The first kappa shape index (κ1) is 12.2. The fourth-order valence-corrected chi connectivity index (χ4v) is 2.00. The van der Waals surface area contributed by atoms with E-state index in [9.17, 15) is 10.1 Å². The van der Waals surface area contributed by atoms with E-state index >= 15 is 0 Å². The zero-order valence-electron chi connectivity index (χ0n) is 9.39. The molecule has 0 atom stereocenters. The van der Waals surface area contributed by atoms with Crippen LogP contribution in [0, 0.1) is 10.1 Å². The van der Waals surface area contributed by atoms with Gasteiger partial charge in [0.15, 0.2) is 0 Å². The number of nitro benzene ring substituents is 1. The number of rotatable bonds is 4. The van der Waals surface area contributed by atoms with Crippen LogP contribution in [0.15, 0.2) is 53.0 Å². The Balaban J connectivity index is 2.12. The van der Waals surface area contributed by atoms with Crippen LogP contribution in [0.5, 0.6) is 0 Å². The van der Waals surface area contributed by atoms with Crippen molar-refractivity contribution >= 4 is 29.3 Å². The minimum Gasteiger partial charge on any atom is -0.264 e. The maximum atomic E-state index is 10.8. The van der Waals surface area contributed by atoms with Gasteiger partial charge in [-0.15, -0.1) is 11.3 Å². The van der Waals surface area contributed by atoms with E-state index in [-0.39, 0.29) is 5.69 Å². The maximum Gasteiger partial charge on any atom is 0.278 e. The van der Waals surface area contributed by atoms with Crippen LogP contribution in [0.4, 0.5) is 5.69 Å². The average molecular weight is 258 g/mol. The molecule has 18 heavy (non-hydrogen) atoms. The Morgan fingerprint density at radius 3 is 2.78 bits per heavy atom. The van der Waals surface area contributed by atoms with Crippen molar-refractivity contribution in [3.63, 3.8) is 0 Å². The highest BCUT2D eigenvalue weighted by Crippen LogP contribution is 2.15. The number of nitro groups is 1. The second-order valence-corrected chi connectivity index (χ2v) is 4.40. The summed E-state index contributed by atoms with van der Waals surface area (Å²) in [6, 6.07) is 10.4. The van der Waals surface area contributed by atoms with Gasteiger partial charge < -0.3 is 0 Å². The van der Waals surface area contributed by atoms with Gasteiger partial charge in [-0.3, -0.25) is 15.1 Å². The summed E-state index contributed by atoms with van der Waals surface area (Å²) in [6.45, 7) is 0. The number of hydrogen-bond acceptors (Lipinski definition) is 4. The third kappa shape index (κ3) is 3.11. The Kier molecular flexibility index (Phi) is 3.98. The third-order valence-corrected chi connectivity index (χ3v) is 3.05. The topological polar surface area (TPSA) is 55.5 Å². The van der Waals surface area contributed by atoms with Crippen LogP contribution < -0.4 is 0 Å². The van der Waals surface area contributed by atoms with Crippen LogP contribution >= 0.6 is 11.3 Å². The predicted octanol–water partition coefficient (Wildman–Crippen LogP) is 3.75. The molecule has 0 unspecified atom stereocenters. The Morgan fingerprint density at radius 2 is 2.06 bits per heavy atom. The molecule has 0 amide bonds. The van der Waals surface area contributed by atoms with E-state index in [0.29, 0.717) is 5.56 Å². The fraction of sp³-hybridized carbons (Fsp3) is 0. The Morgan fingerprint density at radius 1 is 1.22 bits per heavy atom. The Hall–Kier alpha value is -2.27. The van der Waals surface area contributed by atoms with Crippen molar-refractivity contribution in [1.29, 1.82) is 0 Å². The van der Waals surface area contributed by atoms with Crippen molar-refractivity contribution in [2.45, 2.75) is 0 Å². The van der Waals surface area contributed by atoms with Crippen LogP contribution in [-0.4, -0.2) is 11.1 Å². The van der Waals surface area contributed by atoms with Crippen LogP contribution in [0.3, 0.4) is 0 Å². The molecule has 0 radical (unpaired) electrons. The first-order valence-electron chi connectivity index (χ1n) is 5.24. The highest BCUT2D eigenvalue weighted by molar-refractivity contribution is 7.10. The number of aliphatic imine (C=N–C) groups is 1. The summed E-state index contributed by atoms with van der Waals surface area (Å²) in [5, 5.41) is 12.7. The van der Waals surface area contributed by atoms with E-state index in [0.717, 1.165) is 4.88 Å². The molecule has 2 rings (SSSR count). The molecule has 4 nitrogen and oxygen atoms in total. The molecular weight excluding hydrogens is 248 g/mol. The first-order valence-corrected chi connectivity index (χ1v) is 6.12. The van der Waals surface area contributed by atoms with Crippen LogP contribution in [0.2, 0.25) is 0 Å². The molecule has 0 saturated carbocycles. The molecule has 0 aliphatic rings. The largest absolute Gasteiger partial charge is 0.278 e. The average Bonchev–Trinajstić information content (AvgIpc) is 2.88. The van der Waals surface area contributed by atoms with Crippen molar-refractivity contribution in [3.05, 3.63) is 68.5 Å². The normalized spacial score (nSPS) is 11.3. The van der Waals surface area contributed by atoms with E-state index in [1.807, 2.05) is 23.6 Å². The molecule has 1 aromatic carbocycles. The third-order valence-electron chi connectivity index (χ3n) is 2.22. The lowest BCUT2D eigenvalue weighted by atomic mass is 10.2. The summed E-state index contributed by atoms with van der Waals surface area (Å²) in [6.07, 6.45) is 4.97. The van der Waals surface area contributed by atoms with Gasteiger partial charge in [0, 0.05) is 23.4 Å². The molecule has 1 heterocycles. The van der Waals surface area contributed by atoms with E-state index in [1.54, 1.807) is 35.7 Å². The summed E-state index contributed by atoms with van der Waals surface area (Å²) >= 11 is 1.61. The van der Waals surface area contributed by atoms with Gasteiger partial charge in [-0.1, -0.05) is 18.2 Å². The molecule has 90 valence electrons. The lowest BCUT2D eigenvalue weighted by molar-refractivity contribution is -0.385. The summed E-state index contributed by atoms with van der Waals surface area (Å²) in [5.41, 5.74) is 0.559. The molecule has 0 aliphatic heterocycles. The summed E-state index contributed by atoms with van der Waals surface area (Å²) in [4.78, 5) is 15.5. The number of benzene rings is 1. The van der Waals surface area contributed by atoms with Gasteiger partial charge in [-0.2, -0.15) is 0 Å². The zero-order chi connectivity index (χ0) is 12.8. The zero-order valence-corrected chi connectivity index (χ0v) is 10.2. The van der Waals surface area contributed by atoms with Gasteiger partial charge in [0.1, 0.15) is 0 Å². The van der Waals surface area contributed by atoms with Gasteiger partial charge in [-0.25, -0.2) is 0 Å². The summed E-state index contributed by atoms with van der Waals surface area (Å²) in [7, 11) is 0. The predicted molar refractivity (Wildman–Crippen MR) is 74.0 cm³/mol. The Bertz CT molecular complexity index is 589. The SMILES string of the molecule is O=[N+]([O-])c1ccccc1C=NC=Cc1cccs1. The highest BCUT2D eigenvalue weighted by atomic mass is 32.1. The van der Waals surface area contributed by atoms with E-state index < -0.39 is 4.92 Å². The number of nitrogens with zero attached hydrogens (tertiary/aromatic N) is 2. The van der Waals surface area contributed by atoms with E-state index in [2.05, 4.69) is 4.99 Å². The molecule has 0 bridgehead atoms. The van der Waals surface area contributed by atoms with Crippen molar-refractivity contribution < 1.29 is 4.92 Å².